The molecule has 1 nitrogen and oxygen atoms in total. The lowest BCUT2D eigenvalue weighted by Gasteiger charge is -2.37. The highest BCUT2D eigenvalue weighted by molar-refractivity contribution is 5.26. The van der Waals surface area contributed by atoms with E-state index in [2.05, 4.69) is 6.07 Å². The third kappa shape index (κ3) is 3.53. The number of hydrogen-bond acceptors (Lipinski definition) is 1. The molecule has 0 atom stereocenters. The maximum atomic E-state index is 13.8. The smallest absolute Gasteiger partial charge is 0.126 e. The van der Waals surface area contributed by atoms with Crippen LogP contribution in [0.5, 0.6) is 0 Å². The van der Waals surface area contributed by atoms with Gasteiger partial charge in [-0.2, -0.15) is 0 Å². The highest BCUT2D eigenvalue weighted by Gasteiger charge is 2.31. The molecule has 0 bridgehead atoms. The summed E-state index contributed by atoms with van der Waals surface area (Å²) in [6.45, 7) is 1.84. The van der Waals surface area contributed by atoms with Crippen molar-refractivity contribution in [2.24, 2.45) is 11.8 Å². The van der Waals surface area contributed by atoms with Crippen LogP contribution in [0, 0.1) is 24.6 Å². The van der Waals surface area contributed by atoms with Crippen LogP contribution < -0.4 is 0 Å². The zero-order chi connectivity index (χ0) is 15.5. The van der Waals surface area contributed by atoms with Crippen LogP contribution in [0.15, 0.2) is 18.2 Å². The molecule has 0 saturated heterocycles. The Kier molecular flexibility index (Phi) is 5.18. The van der Waals surface area contributed by atoms with Crippen LogP contribution in [0.1, 0.15) is 68.4 Å². The van der Waals surface area contributed by atoms with Gasteiger partial charge in [-0.15, -0.1) is 0 Å². The molecule has 0 unspecified atom stereocenters. The lowest BCUT2D eigenvalue weighted by atomic mass is 9.69. The van der Waals surface area contributed by atoms with E-state index >= 15 is 0 Å². The normalized spacial score (nSPS) is 32.9. The number of benzene rings is 1. The first-order valence-electron chi connectivity index (χ1n) is 8.96. The average molecular weight is 304 g/mol. The zero-order valence-corrected chi connectivity index (χ0v) is 14.0. The molecule has 2 heteroatoms. The average Bonchev–Trinajstić information content (AvgIpc) is 2.58. The molecule has 122 valence electrons. The third-order valence-electron chi connectivity index (χ3n) is 6.16. The number of aryl methyl sites for hydroxylation is 1. The summed E-state index contributed by atoms with van der Waals surface area (Å²) in [6, 6.07) is 5.83. The van der Waals surface area contributed by atoms with Gasteiger partial charge in [-0.05, 0) is 93.2 Å². The van der Waals surface area contributed by atoms with Gasteiger partial charge in [-0.1, -0.05) is 12.1 Å². The maximum absolute atomic E-state index is 13.8. The highest BCUT2D eigenvalue weighted by atomic mass is 19.1. The second kappa shape index (κ2) is 7.12. The Balaban J connectivity index is 1.53. The van der Waals surface area contributed by atoms with Crippen molar-refractivity contribution in [2.75, 3.05) is 7.11 Å². The molecule has 0 radical (unpaired) electrons. The van der Waals surface area contributed by atoms with Crippen LogP contribution in [0.25, 0.3) is 0 Å². The molecule has 2 aliphatic rings. The van der Waals surface area contributed by atoms with Crippen molar-refractivity contribution in [3.63, 3.8) is 0 Å². The van der Waals surface area contributed by atoms with Crippen LogP contribution in [-0.2, 0) is 4.74 Å². The molecule has 22 heavy (non-hydrogen) atoms. The summed E-state index contributed by atoms with van der Waals surface area (Å²) in [7, 11) is 1.84. The number of rotatable bonds is 3. The SMILES string of the molecule is COC1CCC(C2CCC(c3ccc(C)c(F)c3)CC2)CC1. The van der Waals surface area contributed by atoms with E-state index in [1.54, 1.807) is 6.07 Å². The van der Waals surface area contributed by atoms with E-state index in [0.717, 1.165) is 17.4 Å². The summed E-state index contributed by atoms with van der Waals surface area (Å²) in [5, 5.41) is 0. The Morgan fingerprint density at radius 2 is 1.50 bits per heavy atom. The van der Waals surface area contributed by atoms with E-state index in [-0.39, 0.29) is 5.82 Å². The standard InChI is InChI=1S/C20H29FO/c1-14-3-4-18(13-20(14)21)17-7-5-15(6-8-17)16-9-11-19(22-2)12-10-16/h3-4,13,15-17,19H,5-12H2,1-2H3. The summed E-state index contributed by atoms with van der Waals surface area (Å²) in [6.07, 6.45) is 10.8. The molecule has 0 heterocycles. The van der Waals surface area contributed by atoms with Crippen molar-refractivity contribution in [3.8, 4) is 0 Å². The number of hydrogen-bond donors (Lipinski definition) is 0. The third-order valence-corrected chi connectivity index (χ3v) is 6.16. The van der Waals surface area contributed by atoms with Gasteiger partial charge in [-0.25, -0.2) is 4.39 Å². The first kappa shape index (κ1) is 16.0. The van der Waals surface area contributed by atoms with E-state index in [4.69, 9.17) is 4.74 Å². The molecule has 1 aromatic rings. The summed E-state index contributed by atoms with van der Waals surface area (Å²) < 4.78 is 19.2. The minimum absolute atomic E-state index is 0.0440. The molecule has 2 saturated carbocycles. The molecule has 1 aromatic carbocycles. The number of halogens is 1. The van der Waals surface area contributed by atoms with E-state index in [1.807, 2.05) is 20.1 Å². The minimum atomic E-state index is -0.0440. The van der Waals surface area contributed by atoms with Gasteiger partial charge >= 0.3 is 0 Å². The predicted octanol–water partition coefficient (Wildman–Crippen LogP) is 5.61. The maximum Gasteiger partial charge on any atom is 0.126 e. The minimum Gasteiger partial charge on any atom is -0.381 e. The molecule has 0 aromatic heterocycles. The fraction of sp³-hybridized carbons (Fsp3) is 0.700. The van der Waals surface area contributed by atoms with E-state index < -0.39 is 0 Å². The van der Waals surface area contributed by atoms with Gasteiger partial charge in [0.15, 0.2) is 0 Å². The monoisotopic (exact) mass is 304 g/mol. The lowest BCUT2D eigenvalue weighted by molar-refractivity contribution is 0.0410. The van der Waals surface area contributed by atoms with Gasteiger partial charge in [-0.3, -0.25) is 0 Å². The van der Waals surface area contributed by atoms with Crippen LogP contribution in [0.2, 0.25) is 0 Å². The van der Waals surface area contributed by atoms with Crippen molar-refractivity contribution in [2.45, 2.75) is 70.3 Å². The van der Waals surface area contributed by atoms with Crippen molar-refractivity contribution in [1.82, 2.24) is 0 Å². The quantitative estimate of drug-likeness (QED) is 0.705. The second-order valence-corrected chi connectivity index (χ2v) is 7.39. The van der Waals surface area contributed by atoms with Gasteiger partial charge < -0.3 is 4.74 Å². The molecule has 0 amide bonds. The molecule has 3 rings (SSSR count). The Morgan fingerprint density at radius 1 is 0.909 bits per heavy atom. The van der Waals surface area contributed by atoms with Crippen molar-refractivity contribution < 1.29 is 9.13 Å². The summed E-state index contributed by atoms with van der Waals surface area (Å²) >= 11 is 0. The van der Waals surface area contributed by atoms with E-state index in [9.17, 15) is 4.39 Å². The molecule has 0 spiro atoms. The zero-order valence-electron chi connectivity index (χ0n) is 14.0. The Bertz CT molecular complexity index is 482. The van der Waals surface area contributed by atoms with Crippen molar-refractivity contribution >= 4 is 0 Å². The van der Waals surface area contributed by atoms with Crippen molar-refractivity contribution in [1.29, 1.82) is 0 Å². The fourth-order valence-electron chi connectivity index (χ4n) is 4.58. The molecular formula is C20H29FO. The first-order chi connectivity index (χ1) is 10.7. The summed E-state index contributed by atoms with van der Waals surface area (Å²) in [4.78, 5) is 0. The van der Waals surface area contributed by atoms with Gasteiger partial charge in [0.25, 0.3) is 0 Å². The topological polar surface area (TPSA) is 9.23 Å². The highest BCUT2D eigenvalue weighted by Crippen LogP contribution is 2.43. The molecular weight excluding hydrogens is 275 g/mol. The van der Waals surface area contributed by atoms with Crippen LogP contribution in [0.3, 0.4) is 0 Å². The molecule has 0 aliphatic heterocycles. The predicted molar refractivity (Wildman–Crippen MR) is 88.6 cm³/mol. The first-order valence-corrected chi connectivity index (χ1v) is 8.96. The van der Waals surface area contributed by atoms with Gasteiger partial charge in [0.1, 0.15) is 5.82 Å². The molecule has 0 N–H and O–H groups in total. The molecule has 2 fully saturated rings. The largest absolute Gasteiger partial charge is 0.381 e. The fourth-order valence-corrected chi connectivity index (χ4v) is 4.58. The van der Waals surface area contributed by atoms with Crippen LogP contribution >= 0.6 is 0 Å². The van der Waals surface area contributed by atoms with E-state index in [0.29, 0.717) is 12.0 Å². The summed E-state index contributed by atoms with van der Waals surface area (Å²) in [5.41, 5.74) is 1.97. The summed E-state index contributed by atoms with van der Waals surface area (Å²) in [5.74, 6) is 2.32. The van der Waals surface area contributed by atoms with Gasteiger partial charge in [0.05, 0.1) is 6.10 Å². The number of methoxy groups -OCH3 is 1. The van der Waals surface area contributed by atoms with E-state index in [1.165, 1.54) is 56.9 Å². The second-order valence-electron chi connectivity index (χ2n) is 7.39. The Labute approximate surface area is 134 Å². The Hall–Kier alpha value is -0.890. The van der Waals surface area contributed by atoms with Gasteiger partial charge in [0, 0.05) is 7.11 Å². The van der Waals surface area contributed by atoms with Crippen LogP contribution in [0.4, 0.5) is 4.39 Å². The molecule has 2 aliphatic carbocycles. The number of ether oxygens (including phenoxy) is 1. The van der Waals surface area contributed by atoms with Crippen LogP contribution in [-0.4, -0.2) is 13.2 Å². The van der Waals surface area contributed by atoms with Gasteiger partial charge in [0.2, 0.25) is 0 Å². The van der Waals surface area contributed by atoms with Crippen molar-refractivity contribution in [3.05, 3.63) is 35.1 Å². The Morgan fingerprint density at radius 3 is 2.05 bits per heavy atom. The lowest BCUT2D eigenvalue weighted by Crippen LogP contribution is -2.27.